The molecule has 1 aromatic carbocycles. The monoisotopic (exact) mass is 312 g/mol. The first-order valence-corrected chi connectivity index (χ1v) is 8.19. The molecule has 0 unspecified atom stereocenters. The summed E-state index contributed by atoms with van der Waals surface area (Å²) in [5.74, 6) is -0.184. The van der Waals surface area contributed by atoms with E-state index in [9.17, 15) is 13.2 Å². The van der Waals surface area contributed by atoms with E-state index in [2.05, 4.69) is 4.72 Å². The molecule has 1 heterocycles. The van der Waals surface area contributed by atoms with Crippen LogP contribution in [0, 0.1) is 0 Å². The summed E-state index contributed by atoms with van der Waals surface area (Å²) in [6.07, 6.45) is 0. The predicted octanol–water partition coefficient (Wildman–Crippen LogP) is 0.846. The molecular weight excluding hydrogens is 292 g/mol. The standard InChI is InChI=1S/C14H20N2O4S/c1-14(2)10-20-8-7-16(14)13(17)11-5-4-6-12(9-11)21(18,19)15-3/h4-6,9,15H,7-8,10H2,1-3H3. The fourth-order valence-corrected chi connectivity index (χ4v) is 3.08. The Kier molecular flexibility index (Phi) is 4.36. The van der Waals surface area contributed by atoms with E-state index < -0.39 is 15.6 Å². The van der Waals surface area contributed by atoms with Gasteiger partial charge in [-0.2, -0.15) is 0 Å². The van der Waals surface area contributed by atoms with Gasteiger partial charge in [0, 0.05) is 12.1 Å². The Morgan fingerprint density at radius 2 is 2.10 bits per heavy atom. The summed E-state index contributed by atoms with van der Waals surface area (Å²) in [7, 11) is -2.22. The van der Waals surface area contributed by atoms with Crippen LogP contribution in [-0.4, -0.2) is 51.6 Å². The number of hydrogen-bond acceptors (Lipinski definition) is 4. The highest BCUT2D eigenvalue weighted by molar-refractivity contribution is 7.89. The van der Waals surface area contributed by atoms with Crippen molar-refractivity contribution in [2.45, 2.75) is 24.3 Å². The summed E-state index contributed by atoms with van der Waals surface area (Å²) in [6, 6.07) is 6.07. The molecular formula is C14H20N2O4S. The SMILES string of the molecule is CNS(=O)(=O)c1cccc(C(=O)N2CCOCC2(C)C)c1. The lowest BCUT2D eigenvalue weighted by Crippen LogP contribution is -2.55. The first kappa shape index (κ1) is 15.9. The van der Waals surface area contributed by atoms with E-state index in [4.69, 9.17) is 4.74 Å². The molecule has 6 nitrogen and oxygen atoms in total. The quantitative estimate of drug-likeness (QED) is 0.897. The van der Waals surface area contributed by atoms with Gasteiger partial charge in [0.15, 0.2) is 0 Å². The highest BCUT2D eigenvalue weighted by atomic mass is 32.2. The highest BCUT2D eigenvalue weighted by Crippen LogP contribution is 2.22. The summed E-state index contributed by atoms with van der Waals surface area (Å²) >= 11 is 0. The zero-order chi connectivity index (χ0) is 15.7. The molecule has 1 aromatic rings. The summed E-state index contributed by atoms with van der Waals surface area (Å²) in [5, 5.41) is 0. The number of carbonyl (C=O) groups is 1. The lowest BCUT2D eigenvalue weighted by molar-refractivity contribution is -0.0370. The van der Waals surface area contributed by atoms with E-state index in [0.717, 1.165) is 0 Å². The Bertz CT molecular complexity index is 640. The highest BCUT2D eigenvalue weighted by Gasteiger charge is 2.34. The first-order chi connectivity index (χ1) is 9.78. The summed E-state index contributed by atoms with van der Waals surface area (Å²) in [4.78, 5) is 14.4. The zero-order valence-electron chi connectivity index (χ0n) is 12.4. The second-order valence-corrected chi connectivity index (χ2v) is 7.44. The van der Waals surface area contributed by atoms with E-state index >= 15 is 0 Å². The first-order valence-electron chi connectivity index (χ1n) is 6.71. The normalized spacial score (nSPS) is 18.5. The fraction of sp³-hybridized carbons (Fsp3) is 0.500. The van der Waals surface area contributed by atoms with Gasteiger partial charge in [-0.15, -0.1) is 0 Å². The van der Waals surface area contributed by atoms with Crippen LogP contribution in [0.1, 0.15) is 24.2 Å². The van der Waals surface area contributed by atoms with Crippen LogP contribution in [-0.2, 0) is 14.8 Å². The van der Waals surface area contributed by atoms with Crippen LogP contribution in [0.3, 0.4) is 0 Å². The van der Waals surface area contributed by atoms with Gasteiger partial charge in [-0.3, -0.25) is 4.79 Å². The molecule has 0 saturated carbocycles. The van der Waals surface area contributed by atoms with Gasteiger partial charge in [0.25, 0.3) is 5.91 Å². The minimum absolute atomic E-state index is 0.0851. The molecule has 1 aliphatic rings. The third-order valence-corrected chi connectivity index (χ3v) is 4.96. The van der Waals surface area contributed by atoms with Crippen molar-refractivity contribution in [2.75, 3.05) is 26.8 Å². The lowest BCUT2D eigenvalue weighted by atomic mass is 10.0. The van der Waals surface area contributed by atoms with Crippen LogP contribution in [0.25, 0.3) is 0 Å². The van der Waals surface area contributed by atoms with Crippen LogP contribution in [0.2, 0.25) is 0 Å². The Hall–Kier alpha value is -1.44. The van der Waals surface area contributed by atoms with Crippen molar-refractivity contribution >= 4 is 15.9 Å². The molecule has 2 rings (SSSR count). The van der Waals surface area contributed by atoms with E-state index in [0.29, 0.717) is 25.3 Å². The van der Waals surface area contributed by atoms with Gasteiger partial charge in [-0.1, -0.05) is 6.07 Å². The Morgan fingerprint density at radius 1 is 1.38 bits per heavy atom. The van der Waals surface area contributed by atoms with Crippen molar-refractivity contribution in [2.24, 2.45) is 0 Å². The number of hydrogen-bond donors (Lipinski definition) is 1. The van der Waals surface area contributed by atoms with Crippen molar-refractivity contribution in [1.29, 1.82) is 0 Å². The molecule has 7 heteroatoms. The minimum atomic E-state index is -3.56. The molecule has 0 bridgehead atoms. The summed E-state index contributed by atoms with van der Waals surface area (Å²) in [6.45, 7) is 5.31. The minimum Gasteiger partial charge on any atom is -0.377 e. The Balaban J connectivity index is 2.34. The third kappa shape index (κ3) is 3.25. The van der Waals surface area contributed by atoms with Crippen molar-refractivity contribution in [3.8, 4) is 0 Å². The maximum absolute atomic E-state index is 12.6. The maximum atomic E-state index is 12.6. The topological polar surface area (TPSA) is 75.7 Å². The molecule has 1 N–H and O–H groups in total. The number of rotatable bonds is 3. The number of ether oxygens (including phenoxy) is 1. The summed E-state index contributed by atoms with van der Waals surface area (Å²) in [5.41, 5.74) is -0.0472. The zero-order valence-corrected chi connectivity index (χ0v) is 13.2. The Morgan fingerprint density at radius 3 is 2.71 bits per heavy atom. The Labute approximate surface area is 125 Å². The van der Waals surface area contributed by atoms with Gasteiger partial charge in [-0.25, -0.2) is 13.1 Å². The van der Waals surface area contributed by atoms with E-state index in [1.165, 1.54) is 19.2 Å². The average Bonchev–Trinajstić information content (AvgIpc) is 2.46. The molecule has 1 fully saturated rings. The van der Waals surface area contributed by atoms with Gasteiger partial charge < -0.3 is 9.64 Å². The molecule has 1 amide bonds. The number of nitrogens with one attached hydrogen (secondary N) is 1. The van der Waals surface area contributed by atoms with Crippen LogP contribution < -0.4 is 4.72 Å². The number of benzene rings is 1. The van der Waals surface area contributed by atoms with Crippen molar-refractivity contribution in [3.63, 3.8) is 0 Å². The lowest BCUT2D eigenvalue weighted by Gasteiger charge is -2.42. The fourth-order valence-electron chi connectivity index (χ4n) is 2.30. The summed E-state index contributed by atoms with van der Waals surface area (Å²) < 4.78 is 31.3. The van der Waals surface area contributed by atoms with E-state index in [1.807, 2.05) is 13.8 Å². The average molecular weight is 312 g/mol. The van der Waals surface area contributed by atoms with E-state index in [1.54, 1.807) is 17.0 Å². The molecule has 1 saturated heterocycles. The van der Waals surface area contributed by atoms with Crippen molar-refractivity contribution < 1.29 is 17.9 Å². The van der Waals surface area contributed by atoms with Crippen LogP contribution >= 0.6 is 0 Å². The van der Waals surface area contributed by atoms with Gasteiger partial charge in [0.2, 0.25) is 10.0 Å². The van der Waals surface area contributed by atoms with Gasteiger partial charge in [-0.05, 0) is 39.1 Å². The molecule has 0 spiro atoms. The van der Waals surface area contributed by atoms with Gasteiger partial charge in [0.05, 0.1) is 23.6 Å². The van der Waals surface area contributed by atoms with Crippen molar-refractivity contribution in [3.05, 3.63) is 29.8 Å². The molecule has 0 aromatic heterocycles. The number of morpholine rings is 1. The molecule has 0 aliphatic carbocycles. The van der Waals surface area contributed by atoms with Crippen LogP contribution in [0.15, 0.2) is 29.2 Å². The van der Waals surface area contributed by atoms with Crippen molar-refractivity contribution in [1.82, 2.24) is 9.62 Å². The molecule has 116 valence electrons. The number of amides is 1. The molecule has 0 radical (unpaired) electrons. The largest absolute Gasteiger partial charge is 0.377 e. The van der Waals surface area contributed by atoms with Crippen LogP contribution in [0.4, 0.5) is 0 Å². The number of nitrogens with zero attached hydrogens (tertiary/aromatic N) is 1. The molecule has 21 heavy (non-hydrogen) atoms. The second kappa shape index (κ2) is 5.75. The number of carbonyl (C=O) groups excluding carboxylic acids is 1. The predicted molar refractivity (Wildman–Crippen MR) is 78.6 cm³/mol. The maximum Gasteiger partial charge on any atom is 0.254 e. The smallest absolute Gasteiger partial charge is 0.254 e. The van der Waals surface area contributed by atoms with Crippen LogP contribution in [0.5, 0.6) is 0 Å². The van der Waals surface area contributed by atoms with Gasteiger partial charge in [0.1, 0.15) is 0 Å². The molecule has 1 aliphatic heterocycles. The third-order valence-electron chi connectivity index (χ3n) is 3.55. The van der Waals surface area contributed by atoms with Gasteiger partial charge >= 0.3 is 0 Å². The molecule has 0 atom stereocenters. The number of sulfonamides is 1. The van der Waals surface area contributed by atoms with E-state index in [-0.39, 0.29) is 10.8 Å². The second-order valence-electron chi connectivity index (χ2n) is 5.56.